The Morgan fingerprint density at radius 3 is 2.80 bits per heavy atom. The van der Waals surface area contributed by atoms with E-state index in [1.54, 1.807) is 0 Å². The van der Waals surface area contributed by atoms with Crippen molar-refractivity contribution >= 4 is 5.78 Å². The lowest BCUT2D eigenvalue weighted by Crippen LogP contribution is -2.17. The Balaban J connectivity index is 2.21. The third-order valence-corrected chi connectivity index (χ3v) is 4.30. The van der Waals surface area contributed by atoms with Gasteiger partial charge in [0.15, 0.2) is 5.78 Å². The van der Waals surface area contributed by atoms with Crippen molar-refractivity contribution in [1.29, 1.82) is 0 Å². The summed E-state index contributed by atoms with van der Waals surface area (Å²) in [6.07, 6.45) is 6.67. The predicted octanol–water partition coefficient (Wildman–Crippen LogP) is 3.88. The molecule has 2 aliphatic carbocycles. The van der Waals surface area contributed by atoms with E-state index < -0.39 is 0 Å². The van der Waals surface area contributed by atoms with Gasteiger partial charge in [-0.15, -0.1) is 0 Å². The number of rotatable bonds is 3. The first-order chi connectivity index (χ1) is 7.06. The first kappa shape index (κ1) is 10.9. The number of allylic oxidation sites excluding steroid dienone is 2. The smallest absolute Gasteiger partial charge is 0.159 e. The van der Waals surface area contributed by atoms with Crippen LogP contribution in [0.3, 0.4) is 0 Å². The molecule has 2 aliphatic rings. The second-order valence-electron chi connectivity index (χ2n) is 5.78. The highest BCUT2D eigenvalue weighted by Crippen LogP contribution is 2.53. The molecule has 0 bridgehead atoms. The molecule has 1 atom stereocenters. The number of fused-ring (bicyclic) bond motifs is 1. The van der Waals surface area contributed by atoms with Crippen molar-refractivity contribution in [1.82, 2.24) is 0 Å². The Morgan fingerprint density at radius 2 is 2.13 bits per heavy atom. The summed E-state index contributed by atoms with van der Waals surface area (Å²) in [7, 11) is 0. The molecule has 0 aromatic heterocycles. The van der Waals surface area contributed by atoms with Crippen molar-refractivity contribution in [2.24, 2.45) is 11.3 Å². The zero-order valence-electron chi connectivity index (χ0n) is 10.2. The predicted molar refractivity (Wildman–Crippen MR) is 62.7 cm³/mol. The van der Waals surface area contributed by atoms with Crippen LogP contribution in [0.5, 0.6) is 0 Å². The van der Waals surface area contributed by atoms with Crippen LogP contribution in [0.15, 0.2) is 11.1 Å². The van der Waals surface area contributed by atoms with E-state index >= 15 is 0 Å². The fourth-order valence-corrected chi connectivity index (χ4v) is 3.18. The molecule has 1 fully saturated rings. The van der Waals surface area contributed by atoms with E-state index in [1.807, 2.05) is 0 Å². The number of carbonyl (C=O) groups excluding carboxylic acids is 1. The molecule has 0 radical (unpaired) electrons. The molecular formula is C14H22O. The zero-order chi connectivity index (χ0) is 11.1. The summed E-state index contributed by atoms with van der Waals surface area (Å²) in [4.78, 5) is 11.9. The van der Waals surface area contributed by atoms with E-state index in [2.05, 4.69) is 20.8 Å². The zero-order valence-corrected chi connectivity index (χ0v) is 10.2. The summed E-state index contributed by atoms with van der Waals surface area (Å²) in [6, 6.07) is 0. The van der Waals surface area contributed by atoms with Crippen LogP contribution in [0.1, 0.15) is 59.3 Å². The Hall–Kier alpha value is -0.590. The van der Waals surface area contributed by atoms with Crippen LogP contribution in [-0.4, -0.2) is 5.78 Å². The van der Waals surface area contributed by atoms with Crippen molar-refractivity contribution in [3.63, 3.8) is 0 Å². The van der Waals surface area contributed by atoms with Crippen LogP contribution in [-0.2, 0) is 4.79 Å². The first-order valence-electron chi connectivity index (χ1n) is 6.31. The van der Waals surface area contributed by atoms with Crippen molar-refractivity contribution in [2.75, 3.05) is 0 Å². The second kappa shape index (κ2) is 3.77. The molecule has 1 heteroatoms. The number of unbranched alkanes of at least 4 members (excludes halogenated alkanes) is 1. The van der Waals surface area contributed by atoms with Gasteiger partial charge in [0.25, 0.3) is 0 Å². The SMILES string of the molecule is CCCCC1=C2CCC(C)(C)C2CC1=O. The summed E-state index contributed by atoms with van der Waals surface area (Å²) in [5, 5.41) is 0. The summed E-state index contributed by atoms with van der Waals surface area (Å²) in [5.74, 6) is 1.04. The van der Waals surface area contributed by atoms with Crippen molar-refractivity contribution in [2.45, 2.75) is 59.3 Å². The van der Waals surface area contributed by atoms with Gasteiger partial charge in [0.1, 0.15) is 0 Å². The fraction of sp³-hybridized carbons (Fsp3) is 0.786. The lowest BCUT2D eigenvalue weighted by Gasteiger charge is -2.23. The van der Waals surface area contributed by atoms with Gasteiger partial charge in [-0.2, -0.15) is 0 Å². The Kier molecular flexibility index (Phi) is 2.74. The lowest BCUT2D eigenvalue weighted by atomic mass is 9.80. The Labute approximate surface area is 92.9 Å². The summed E-state index contributed by atoms with van der Waals surface area (Å²) >= 11 is 0. The molecule has 1 unspecified atom stereocenters. The molecule has 0 heterocycles. The Morgan fingerprint density at radius 1 is 1.40 bits per heavy atom. The summed E-state index contributed by atoms with van der Waals surface area (Å²) in [5.41, 5.74) is 3.12. The van der Waals surface area contributed by atoms with Gasteiger partial charge in [-0.25, -0.2) is 0 Å². The van der Waals surface area contributed by atoms with Crippen LogP contribution < -0.4 is 0 Å². The van der Waals surface area contributed by atoms with Crippen LogP contribution in [0, 0.1) is 11.3 Å². The maximum atomic E-state index is 11.9. The molecule has 15 heavy (non-hydrogen) atoms. The van der Waals surface area contributed by atoms with Crippen LogP contribution in [0.25, 0.3) is 0 Å². The molecular weight excluding hydrogens is 184 g/mol. The fourth-order valence-electron chi connectivity index (χ4n) is 3.18. The third-order valence-electron chi connectivity index (χ3n) is 4.30. The molecule has 1 saturated carbocycles. The molecule has 0 aromatic carbocycles. The van der Waals surface area contributed by atoms with Gasteiger partial charge in [-0.05, 0) is 42.6 Å². The minimum absolute atomic E-state index is 0.374. The lowest BCUT2D eigenvalue weighted by molar-refractivity contribution is -0.116. The molecule has 0 spiro atoms. The van der Waals surface area contributed by atoms with Crippen LogP contribution in [0.4, 0.5) is 0 Å². The van der Waals surface area contributed by atoms with Gasteiger partial charge in [0.05, 0.1) is 0 Å². The number of Topliss-reactive ketones (excluding diaryl/α,β-unsaturated/α-hetero) is 1. The number of hydrogen-bond acceptors (Lipinski definition) is 1. The van der Waals surface area contributed by atoms with Crippen LogP contribution >= 0.6 is 0 Å². The summed E-state index contributed by atoms with van der Waals surface area (Å²) < 4.78 is 0. The average Bonchev–Trinajstić information content (AvgIpc) is 2.63. The van der Waals surface area contributed by atoms with E-state index in [9.17, 15) is 4.79 Å². The number of hydrogen-bond donors (Lipinski definition) is 0. The molecule has 2 rings (SSSR count). The van der Waals surface area contributed by atoms with Crippen LogP contribution in [0.2, 0.25) is 0 Å². The van der Waals surface area contributed by atoms with Gasteiger partial charge < -0.3 is 0 Å². The van der Waals surface area contributed by atoms with E-state index in [4.69, 9.17) is 0 Å². The van der Waals surface area contributed by atoms with E-state index in [0.29, 0.717) is 17.1 Å². The first-order valence-corrected chi connectivity index (χ1v) is 6.31. The normalized spacial score (nSPS) is 28.7. The molecule has 84 valence electrons. The van der Waals surface area contributed by atoms with Crippen molar-refractivity contribution < 1.29 is 4.79 Å². The van der Waals surface area contributed by atoms with Gasteiger partial charge in [0, 0.05) is 6.42 Å². The second-order valence-corrected chi connectivity index (χ2v) is 5.78. The highest BCUT2D eigenvalue weighted by molar-refractivity contribution is 5.99. The molecule has 1 nitrogen and oxygen atoms in total. The highest BCUT2D eigenvalue weighted by Gasteiger charge is 2.45. The largest absolute Gasteiger partial charge is 0.295 e. The Bertz CT molecular complexity index is 309. The number of carbonyl (C=O) groups is 1. The monoisotopic (exact) mass is 206 g/mol. The maximum Gasteiger partial charge on any atom is 0.159 e. The van der Waals surface area contributed by atoms with Crippen molar-refractivity contribution in [3.05, 3.63) is 11.1 Å². The maximum absolute atomic E-state index is 11.9. The van der Waals surface area contributed by atoms with Gasteiger partial charge in [0.2, 0.25) is 0 Å². The van der Waals surface area contributed by atoms with Gasteiger partial charge in [-0.3, -0.25) is 4.79 Å². The van der Waals surface area contributed by atoms with E-state index in [0.717, 1.165) is 12.8 Å². The quantitative estimate of drug-likeness (QED) is 0.685. The molecule has 0 aliphatic heterocycles. The van der Waals surface area contributed by atoms with Gasteiger partial charge >= 0.3 is 0 Å². The standard InChI is InChI=1S/C14H22O/c1-4-5-6-11-10-7-8-14(2,3)12(10)9-13(11)15/h12H,4-9H2,1-3H3. The average molecular weight is 206 g/mol. The molecule has 0 aromatic rings. The molecule has 0 N–H and O–H groups in total. The third kappa shape index (κ3) is 1.77. The molecule has 0 amide bonds. The van der Waals surface area contributed by atoms with Gasteiger partial charge in [-0.1, -0.05) is 32.8 Å². The van der Waals surface area contributed by atoms with E-state index in [-0.39, 0.29) is 0 Å². The van der Waals surface area contributed by atoms with E-state index in [1.165, 1.54) is 36.8 Å². The highest BCUT2D eigenvalue weighted by atomic mass is 16.1. The molecule has 0 saturated heterocycles. The van der Waals surface area contributed by atoms with Crippen molar-refractivity contribution in [3.8, 4) is 0 Å². The topological polar surface area (TPSA) is 17.1 Å². The minimum Gasteiger partial charge on any atom is -0.295 e. The minimum atomic E-state index is 0.374. The summed E-state index contributed by atoms with van der Waals surface area (Å²) in [6.45, 7) is 6.84. The number of ketones is 1.